The summed E-state index contributed by atoms with van der Waals surface area (Å²) in [7, 11) is 1.20. The number of hydrogen-bond donors (Lipinski definition) is 1. The molecule has 4 heteroatoms. The summed E-state index contributed by atoms with van der Waals surface area (Å²) < 4.78 is 19.4. The Morgan fingerprint density at radius 3 is 2.79 bits per heavy atom. The molecule has 0 aromatic heterocycles. The molecule has 0 amide bonds. The predicted molar refractivity (Wildman–Crippen MR) is 69.4 cm³/mol. The summed E-state index contributed by atoms with van der Waals surface area (Å²) in [5.74, 6) is -1.17. The van der Waals surface area contributed by atoms with Crippen molar-refractivity contribution in [1.82, 2.24) is 0 Å². The predicted octanol–water partition coefficient (Wildman–Crippen LogP) is 2.57. The molecule has 0 aliphatic heterocycles. The van der Waals surface area contributed by atoms with E-state index >= 15 is 0 Å². The molecule has 1 aromatic carbocycles. The van der Waals surface area contributed by atoms with Crippen LogP contribution in [0.15, 0.2) is 24.3 Å². The van der Waals surface area contributed by atoms with Gasteiger partial charge in [-0.25, -0.2) is 9.18 Å². The fourth-order valence-corrected chi connectivity index (χ4v) is 2.67. The van der Waals surface area contributed by atoms with Crippen LogP contribution in [0.5, 0.6) is 0 Å². The van der Waals surface area contributed by atoms with Crippen LogP contribution < -0.4 is 0 Å². The van der Waals surface area contributed by atoms with E-state index in [2.05, 4.69) is 4.74 Å². The molecule has 2 unspecified atom stereocenters. The largest absolute Gasteiger partial charge is 0.467 e. The number of halogens is 1. The van der Waals surface area contributed by atoms with Gasteiger partial charge in [-0.2, -0.15) is 0 Å². The van der Waals surface area contributed by atoms with Crippen molar-refractivity contribution in [2.24, 2.45) is 5.92 Å². The number of alkyl halides is 1. The van der Waals surface area contributed by atoms with Gasteiger partial charge in [0.2, 0.25) is 5.67 Å². The highest BCUT2D eigenvalue weighted by molar-refractivity contribution is 5.80. The number of ether oxygens (including phenoxy) is 1. The number of carbonyl (C=O) groups is 1. The molecule has 3 nitrogen and oxygen atoms in total. The van der Waals surface area contributed by atoms with Crippen LogP contribution in [-0.2, 0) is 16.1 Å². The molecular formula is C15H19FO3. The van der Waals surface area contributed by atoms with Crippen LogP contribution in [0, 0.1) is 5.92 Å². The van der Waals surface area contributed by atoms with E-state index in [9.17, 15) is 14.3 Å². The first kappa shape index (κ1) is 14.0. The van der Waals surface area contributed by atoms with Crippen molar-refractivity contribution < 1.29 is 19.0 Å². The maximum Gasteiger partial charge on any atom is 0.343 e. The van der Waals surface area contributed by atoms with Crippen molar-refractivity contribution in [2.45, 2.75) is 38.0 Å². The molecule has 0 saturated heterocycles. The molecule has 0 radical (unpaired) electrons. The minimum atomic E-state index is -2.04. The SMILES string of the molecule is COC(=O)C(C)(F)C(c1cccc(CO)c1)C1CC1. The fourth-order valence-electron chi connectivity index (χ4n) is 2.67. The van der Waals surface area contributed by atoms with Crippen LogP contribution in [0.1, 0.15) is 36.8 Å². The third-order valence-corrected chi connectivity index (χ3v) is 3.75. The van der Waals surface area contributed by atoms with E-state index in [0.717, 1.165) is 24.0 Å². The molecule has 0 bridgehead atoms. The van der Waals surface area contributed by atoms with Crippen molar-refractivity contribution >= 4 is 5.97 Å². The molecular weight excluding hydrogens is 247 g/mol. The number of hydrogen-bond acceptors (Lipinski definition) is 3. The smallest absolute Gasteiger partial charge is 0.343 e. The highest BCUT2D eigenvalue weighted by atomic mass is 19.1. The zero-order valence-corrected chi connectivity index (χ0v) is 11.2. The van der Waals surface area contributed by atoms with Gasteiger partial charge >= 0.3 is 5.97 Å². The number of esters is 1. The average Bonchev–Trinajstić information content (AvgIpc) is 3.22. The number of aliphatic hydroxyl groups excluding tert-OH is 1. The first-order valence-electron chi connectivity index (χ1n) is 6.47. The summed E-state index contributed by atoms with van der Waals surface area (Å²) in [5.41, 5.74) is -0.558. The standard InChI is InChI=1S/C15H19FO3/c1-15(16,14(18)19-2)13(11-6-7-11)12-5-3-4-10(8-12)9-17/h3-5,8,11,13,17H,6-7,9H2,1-2H3. The lowest BCUT2D eigenvalue weighted by Crippen LogP contribution is -2.39. The summed E-state index contributed by atoms with van der Waals surface area (Å²) in [6.07, 6.45) is 1.84. The molecule has 1 aliphatic carbocycles. The zero-order valence-electron chi connectivity index (χ0n) is 11.2. The Labute approximate surface area is 112 Å². The van der Waals surface area contributed by atoms with Gasteiger partial charge in [-0.05, 0) is 36.8 Å². The Morgan fingerprint density at radius 2 is 2.26 bits per heavy atom. The molecule has 1 N–H and O–H groups in total. The lowest BCUT2D eigenvalue weighted by Gasteiger charge is -2.29. The van der Waals surface area contributed by atoms with Crippen molar-refractivity contribution in [2.75, 3.05) is 7.11 Å². The number of methoxy groups -OCH3 is 1. The lowest BCUT2D eigenvalue weighted by molar-refractivity contribution is -0.155. The molecule has 0 spiro atoms. The monoisotopic (exact) mass is 266 g/mol. The van der Waals surface area contributed by atoms with E-state index in [0.29, 0.717) is 0 Å². The Balaban J connectivity index is 2.37. The number of rotatable bonds is 5. The molecule has 19 heavy (non-hydrogen) atoms. The second-order valence-electron chi connectivity index (χ2n) is 5.29. The van der Waals surface area contributed by atoms with E-state index in [1.54, 1.807) is 18.2 Å². The van der Waals surface area contributed by atoms with Gasteiger partial charge < -0.3 is 9.84 Å². The van der Waals surface area contributed by atoms with Crippen molar-refractivity contribution in [3.63, 3.8) is 0 Å². The quantitative estimate of drug-likeness (QED) is 0.833. The highest BCUT2D eigenvalue weighted by Crippen LogP contribution is 2.50. The van der Waals surface area contributed by atoms with Gasteiger partial charge in [0.15, 0.2) is 0 Å². The van der Waals surface area contributed by atoms with Crippen molar-refractivity contribution in [3.05, 3.63) is 35.4 Å². The second-order valence-corrected chi connectivity index (χ2v) is 5.29. The van der Waals surface area contributed by atoms with Crippen LogP contribution in [-0.4, -0.2) is 23.9 Å². The van der Waals surface area contributed by atoms with Gasteiger partial charge in [-0.3, -0.25) is 0 Å². The molecule has 1 fully saturated rings. The van der Waals surface area contributed by atoms with Gasteiger partial charge in [-0.15, -0.1) is 0 Å². The zero-order chi connectivity index (χ0) is 14.0. The Bertz CT molecular complexity index is 466. The van der Waals surface area contributed by atoms with Crippen molar-refractivity contribution in [1.29, 1.82) is 0 Å². The van der Waals surface area contributed by atoms with Crippen LogP contribution in [0.25, 0.3) is 0 Å². The molecule has 1 aromatic rings. The Hall–Kier alpha value is -1.42. The maximum atomic E-state index is 14.8. The summed E-state index contributed by atoms with van der Waals surface area (Å²) in [5, 5.41) is 9.17. The topological polar surface area (TPSA) is 46.5 Å². The Morgan fingerprint density at radius 1 is 1.58 bits per heavy atom. The normalized spacial score (nSPS) is 19.6. The van der Waals surface area contributed by atoms with Crippen LogP contribution in [0.4, 0.5) is 4.39 Å². The van der Waals surface area contributed by atoms with Gasteiger partial charge in [0.25, 0.3) is 0 Å². The number of aliphatic hydroxyl groups is 1. The van der Waals surface area contributed by atoms with E-state index in [-0.39, 0.29) is 12.5 Å². The van der Waals surface area contributed by atoms with Gasteiger partial charge in [0.1, 0.15) is 0 Å². The number of carbonyl (C=O) groups excluding carboxylic acids is 1. The van der Waals surface area contributed by atoms with E-state index in [1.807, 2.05) is 6.07 Å². The van der Waals surface area contributed by atoms with Gasteiger partial charge in [-0.1, -0.05) is 24.3 Å². The molecule has 2 rings (SSSR count). The molecule has 104 valence electrons. The fraction of sp³-hybridized carbons (Fsp3) is 0.533. The van der Waals surface area contributed by atoms with E-state index < -0.39 is 17.6 Å². The third kappa shape index (κ3) is 2.78. The maximum absolute atomic E-state index is 14.8. The summed E-state index contributed by atoms with van der Waals surface area (Å²) >= 11 is 0. The van der Waals surface area contributed by atoms with Gasteiger partial charge in [0, 0.05) is 5.92 Å². The molecule has 2 atom stereocenters. The molecule has 1 aliphatic rings. The van der Waals surface area contributed by atoms with E-state index in [4.69, 9.17) is 0 Å². The third-order valence-electron chi connectivity index (χ3n) is 3.75. The van der Waals surface area contributed by atoms with Crippen LogP contribution in [0.3, 0.4) is 0 Å². The minimum Gasteiger partial charge on any atom is -0.467 e. The van der Waals surface area contributed by atoms with Crippen molar-refractivity contribution in [3.8, 4) is 0 Å². The summed E-state index contributed by atoms with van der Waals surface area (Å²) in [6.45, 7) is 1.19. The summed E-state index contributed by atoms with van der Waals surface area (Å²) in [4.78, 5) is 11.7. The summed E-state index contributed by atoms with van der Waals surface area (Å²) in [6, 6.07) is 7.14. The number of benzene rings is 1. The highest BCUT2D eigenvalue weighted by Gasteiger charge is 2.50. The lowest BCUT2D eigenvalue weighted by atomic mass is 9.80. The first-order chi connectivity index (χ1) is 9.00. The minimum absolute atomic E-state index is 0.0908. The molecule has 0 heterocycles. The van der Waals surface area contributed by atoms with Gasteiger partial charge in [0.05, 0.1) is 13.7 Å². The van der Waals surface area contributed by atoms with E-state index in [1.165, 1.54) is 14.0 Å². The second kappa shape index (κ2) is 5.29. The van der Waals surface area contributed by atoms with Crippen LogP contribution >= 0.6 is 0 Å². The molecule has 1 saturated carbocycles. The Kier molecular flexibility index (Phi) is 3.90. The van der Waals surface area contributed by atoms with Crippen LogP contribution in [0.2, 0.25) is 0 Å². The first-order valence-corrected chi connectivity index (χ1v) is 6.47. The average molecular weight is 266 g/mol.